The van der Waals surface area contributed by atoms with E-state index in [2.05, 4.69) is 0 Å². The van der Waals surface area contributed by atoms with Crippen molar-refractivity contribution in [1.82, 2.24) is 0 Å². The predicted molar refractivity (Wildman–Crippen MR) is 117 cm³/mol. The minimum absolute atomic E-state index is 0.280. The zero-order valence-corrected chi connectivity index (χ0v) is 18.3. The summed E-state index contributed by atoms with van der Waals surface area (Å²) < 4.78 is 10.3. The van der Waals surface area contributed by atoms with Gasteiger partial charge in [-0.1, -0.05) is 6.07 Å². The molecule has 0 spiro atoms. The molecule has 13 nitrogen and oxygen atoms in total. The quantitative estimate of drug-likeness (QED) is 0.150. The summed E-state index contributed by atoms with van der Waals surface area (Å²) in [5, 5.41) is 77.7. The molecule has 13 heteroatoms. The van der Waals surface area contributed by atoms with Crippen molar-refractivity contribution in [3.8, 4) is 28.7 Å². The number of benzene rings is 2. The van der Waals surface area contributed by atoms with E-state index >= 15 is 0 Å². The number of carboxylic acids is 1. The van der Waals surface area contributed by atoms with Crippen molar-refractivity contribution in [2.24, 2.45) is 0 Å². The molecule has 36 heavy (non-hydrogen) atoms. The topological polar surface area (TPSA) is 232 Å². The Hall–Kier alpha value is -4.49. The van der Waals surface area contributed by atoms with Crippen molar-refractivity contribution in [1.29, 1.82) is 0 Å². The molecule has 0 amide bonds. The summed E-state index contributed by atoms with van der Waals surface area (Å²) >= 11 is 0. The average molecular weight is 506 g/mol. The van der Waals surface area contributed by atoms with E-state index < -0.39 is 89.0 Å². The van der Waals surface area contributed by atoms with Gasteiger partial charge in [0.05, 0.1) is 11.7 Å². The SMILES string of the molecule is O=C(/C=C/c1ccc(O)c(O)c1)OC1C[C@](O)(C(=O)O)C[C@@H](O)[C@H]1OC(=O)c1cc(O)c(O)c(O)c1. The Morgan fingerprint density at radius 3 is 2.11 bits per heavy atom. The highest BCUT2D eigenvalue weighted by Crippen LogP contribution is 2.37. The van der Waals surface area contributed by atoms with Gasteiger partial charge in [0.25, 0.3) is 0 Å². The highest BCUT2D eigenvalue weighted by Gasteiger charge is 2.52. The Balaban J connectivity index is 1.83. The summed E-state index contributed by atoms with van der Waals surface area (Å²) in [7, 11) is 0. The van der Waals surface area contributed by atoms with Crippen molar-refractivity contribution in [3.63, 3.8) is 0 Å². The maximum absolute atomic E-state index is 12.6. The molecule has 0 radical (unpaired) electrons. The third kappa shape index (κ3) is 5.59. The molecule has 0 aliphatic heterocycles. The Labute approximate surface area is 202 Å². The average Bonchev–Trinajstić information content (AvgIpc) is 2.80. The normalized spacial score (nSPS) is 23.8. The maximum atomic E-state index is 12.6. The van der Waals surface area contributed by atoms with Crippen LogP contribution in [-0.4, -0.2) is 82.7 Å². The fourth-order valence-electron chi connectivity index (χ4n) is 3.59. The van der Waals surface area contributed by atoms with Crippen molar-refractivity contribution in [2.45, 2.75) is 36.8 Å². The Kier molecular flexibility index (Phi) is 7.27. The maximum Gasteiger partial charge on any atom is 0.338 e. The molecule has 3 rings (SSSR count). The van der Waals surface area contributed by atoms with E-state index in [9.17, 15) is 55.2 Å². The predicted octanol–water partition coefficient (Wildman–Crippen LogP) is 0.336. The number of rotatable bonds is 6. The molecule has 2 aromatic rings. The van der Waals surface area contributed by atoms with E-state index in [0.29, 0.717) is 0 Å². The Morgan fingerprint density at radius 2 is 1.53 bits per heavy atom. The molecule has 1 unspecified atom stereocenters. The number of phenolic OH excluding ortho intramolecular Hbond substituents is 5. The molecular formula is C23H22O13. The Bertz CT molecular complexity index is 1200. The second-order valence-corrected chi connectivity index (χ2v) is 8.10. The van der Waals surface area contributed by atoms with Crippen LogP contribution in [0.15, 0.2) is 36.4 Å². The summed E-state index contributed by atoms with van der Waals surface area (Å²) in [4.78, 5) is 36.5. The van der Waals surface area contributed by atoms with Crippen LogP contribution in [0.1, 0.15) is 28.8 Å². The van der Waals surface area contributed by atoms with Crippen LogP contribution in [0.5, 0.6) is 28.7 Å². The molecule has 0 saturated heterocycles. The van der Waals surface area contributed by atoms with E-state index in [1.807, 2.05) is 0 Å². The van der Waals surface area contributed by atoms with E-state index in [-0.39, 0.29) is 5.56 Å². The van der Waals surface area contributed by atoms with E-state index in [1.165, 1.54) is 18.2 Å². The first-order valence-electron chi connectivity index (χ1n) is 10.3. The minimum atomic E-state index is -2.52. The number of carbonyl (C=O) groups is 3. The Morgan fingerprint density at radius 1 is 0.889 bits per heavy atom. The molecule has 192 valence electrons. The highest BCUT2D eigenvalue weighted by atomic mass is 16.6. The fraction of sp³-hybridized carbons (Fsp3) is 0.261. The van der Waals surface area contributed by atoms with Crippen molar-refractivity contribution in [2.75, 3.05) is 0 Å². The first-order valence-corrected chi connectivity index (χ1v) is 10.3. The molecule has 0 heterocycles. The molecule has 0 aromatic heterocycles. The van der Waals surface area contributed by atoms with Crippen LogP contribution >= 0.6 is 0 Å². The number of ether oxygens (including phenoxy) is 2. The molecule has 1 saturated carbocycles. The summed E-state index contributed by atoms with van der Waals surface area (Å²) in [5.41, 5.74) is -2.69. The number of esters is 2. The van der Waals surface area contributed by atoms with Gasteiger partial charge in [0.2, 0.25) is 0 Å². The van der Waals surface area contributed by atoms with Gasteiger partial charge in [-0.05, 0) is 35.9 Å². The van der Waals surface area contributed by atoms with Gasteiger partial charge in [-0.15, -0.1) is 0 Å². The lowest BCUT2D eigenvalue weighted by atomic mass is 9.79. The number of aliphatic hydroxyl groups excluding tert-OH is 1. The van der Waals surface area contributed by atoms with Gasteiger partial charge in [-0.3, -0.25) is 0 Å². The zero-order chi connectivity index (χ0) is 26.8. The third-order valence-electron chi connectivity index (χ3n) is 5.46. The van der Waals surface area contributed by atoms with Gasteiger partial charge in [-0.25, -0.2) is 14.4 Å². The number of aliphatic carboxylic acids is 1. The number of hydrogen-bond acceptors (Lipinski definition) is 12. The monoisotopic (exact) mass is 506 g/mol. The summed E-state index contributed by atoms with van der Waals surface area (Å²) in [6, 6.07) is 5.19. The first kappa shape index (κ1) is 26.1. The lowest BCUT2D eigenvalue weighted by Gasteiger charge is -2.40. The third-order valence-corrected chi connectivity index (χ3v) is 5.46. The zero-order valence-electron chi connectivity index (χ0n) is 18.3. The lowest BCUT2D eigenvalue weighted by Crippen LogP contribution is -2.58. The van der Waals surface area contributed by atoms with Crippen LogP contribution in [0.2, 0.25) is 0 Å². The number of aliphatic hydroxyl groups is 2. The number of carboxylic acid groups (broad SMARTS) is 1. The van der Waals surface area contributed by atoms with E-state index in [4.69, 9.17) is 9.47 Å². The van der Waals surface area contributed by atoms with Crippen LogP contribution in [0.3, 0.4) is 0 Å². The van der Waals surface area contributed by atoms with E-state index in [1.54, 1.807) is 0 Å². The highest BCUT2D eigenvalue weighted by molar-refractivity contribution is 5.91. The molecular weight excluding hydrogens is 484 g/mol. The van der Waals surface area contributed by atoms with Crippen molar-refractivity contribution >= 4 is 24.0 Å². The molecule has 1 aliphatic rings. The van der Waals surface area contributed by atoms with E-state index in [0.717, 1.165) is 24.3 Å². The van der Waals surface area contributed by atoms with Crippen LogP contribution in [0.4, 0.5) is 0 Å². The summed E-state index contributed by atoms with van der Waals surface area (Å²) in [6.07, 6.45) is -4.59. The minimum Gasteiger partial charge on any atom is -0.504 e. The van der Waals surface area contributed by atoms with Gasteiger partial charge < -0.3 is 50.3 Å². The lowest BCUT2D eigenvalue weighted by molar-refractivity contribution is -0.196. The molecule has 2 aromatic carbocycles. The van der Waals surface area contributed by atoms with Gasteiger partial charge >= 0.3 is 17.9 Å². The van der Waals surface area contributed by atoms with Gasteiger partial charge in [-0.2, -0.15) is 0 Å². The van der Waals surface area contributed by atoms with Crippen LogP contribution in [0, 0.1) is 0 Å². The molecule has 1 aliphatic carbocycles. The summed E-state index contributed by atoms with van der Waals surface area (Å²) in [6.45, 7) is 0. The van der Waals surface area contributed by atoms with Crippen molar-refractivity contribution < 1.29 is 64.7 Å². The standard InChI is InChI=1S/C23H22O13/c24-12-3-1-10(5-13(12)25)2-4-18(29)35-17-9-23(34,22(32)33)8-16(28)20(17)36-21(31)11-6-14(26)19(30)15(27)7-11/h1-7,16-17,20,24-28,30,34H,8-9H2,(H,32,33)/b4-2+/t16-,17?,20-,23+/m1/s1. The number of aromatic hydroxyl groups is 5. The van der Waals surface area contributed by atoms with Crippen molar-refractivity contribution in [3.05, 3.63) is 47.5 Å². The number of carbonyl (C=O) groups excluding carboxylic acids is 2. The smallest absolute Gasteiger partial charge is 0.338 e. The first-order chi connectivity index (χ1) is 16.8. The summed E-state index contributed by atoms with van der Waals surface area (Å²) in [5.74, 6) is -7.46. The number of hydrogen-bond donors (Lipinski definition) is 8. The second-order valence-electron chi connectivity index (χ2n) is 8.10. The fourth-order valence-corrected chi connectivity index (χ4v) is 3.59. The van der Waals surface area contributed by atoms with Crippen LogP contribution in [0.25, 0.3) is 6.08 Å². The molecule has 0 bridgehead atoms. The van der Waals surface area contributed by atoms with Crippen LogP contribution in [-0.2, 0) is 19.1 Å². The van der Waals surface area contributed by atoms with Gasteiger partial charge in [0, 0.05) is 18.9 Å². The number of phenols is 5. The largest absolute Gasteiger partial charge is 0.504 e. The van der Waals surface area contributed by atoms with Gasteiger partial charge in [0.1, 0.15) is 6.10 Å². The molecule has 8 N–H and O–H groups in total. The molecule has 4 atom stereocenters. The second kappa shape index (κ2) is 10.0. The van der Waals surface area contributed by atoms with Gasteiger partial charge in [0.15, 0.2) is 40.5 Å². The molecule has 1 fully saturated rings. The van der Waals surface area contributed by atoms with Crippen LogP contribution < -0.4 is 0 Å².